The first-order chi connectivity index (χ1) is 16.8. The van der Waals surface area contributed by atoms with E-state index >= 15 is 0 Å². The number of amides is 1. The molecule has 2 unspecified atom stereocenters. The average molecular weight is 496 g/mol. The summed E-state index contributed by atoms with van der Waals surface area (Å²) in [5, 5.41) is 14.1. The minimum absolute atomic E-state index is 0.0697. The molecule has 8 nitrogen and oxygen atoms in total. The molecule has 1 fully saturated rings. The summed E-state index contributed by atoms with van der Waals surface area (Å²) in [6, 6.07) is 9.63. The Hall–Kier alpha value is -3.02. The zero-order valence-corrected chi connectivity index (χ0v) is 18.9. The third kappa shape index (κ3) is 7.23. The van der Waals surface area contributed by atoms with Crippen LogP contribution in [0.4, 0.5) is 13.2 Å². The van der Waals surface area contributed by atoms with Gasteiger partial charge in [-0.25, -0.2) is 0 Å². The molecule has 2 aromatic carbocycles. The predicted octanol–water partition coefficient (Wildman–Crippen LogP) is 2.45. The van der Waals surface area contributed by atoms with Gasteiger partial charge in [-0.3, -0.25) is 9.69 Å². The SMILES string of the molecule is O=C(Cc1ccc(OC(F)(F)F)cc1)NC(CN1CCOCC1)C(O)c1ccc2c(c1)OCCO2. The third-order valence-electron chi connectivity index (χ3n) is 5.72. The van der Waals surface area contributed by atoms with E-state index in [9.17, 15) is 23.1 Å². The van der Waals surface area contributed by atoms with Crippen LogP contribution in [0.3, 0.4) is 0 Å². The zero-order chi connectivity index (χ0) is 24.8. The number of aliphatic hydroxyl groups is 1. The van der Waals surface area contributed by atoms with Crippen LogP contribution >= 0.6 is 0 Å². The third-order valence-corrected chi connectivity index (χ3v) is 5.72. The van der Waals surface area contributed by atoms with Crippen LogP contribution in [0.25, 0.3) is 0 Å². The second kappa shape index (κ2) is 11.1. The number of morpholine rings is 1. The molecule has 4 rings (SSSR count). The Morgan fingerprint density at radius 2 is 1.71 bits per heavy atom. The lowest BCUT2D eigenvalue weighted by Crippen LogP contribution is -2.50. The quantitative estimate of drug-likeness (QED) is 0.581. The van der Waals surface area contributed by atoms with Gasteiger partial charge in [0.15, 0.2) is 11.5 Å². The first-order valence-electron chi connectivity index (χ1n) is 11.3. The number of hydrogen-bond acceptors (Lipinski definition) is 7. The van der Waals surface area contributed by atoms with Crippen molar-refractivity contribution in [3.05, 3.63) is 53.6 Å². The van der Waals surface area contributed by atoms with E-state index in [1.165, 1.54) is 12.1 Å². The summed E-state index contributed by atoms with van der Waals surface area (Å²) in [6.45, 7) is 3.71. The molecule has 0 spiro atoms. The van der Waals surface area contributed by atoms with Gasteiger partial charge in [0.1, 0.15) is 25.1 Å². The van der Waals surface area contributed by atoms with Gasteiger partial charge in [-0.1, -0.05) is 18.2 Å². The summed E-state index contributed by atoms with van der Waals surface area (Å²) in [5.41, 5.74) is 1.08. The fraction of sp³-hybridized carbons (Fsp3) is 0.458. The van der Waals surface area contributed by atoms with E-state index < -0.39 is 18.5 Å². The van der Waals surface area contributed by atoms with Crippen LogP contribution in [-0.4, -0.2) is 74.4 Å². The molecule has 1 amide bonds. The maximum Gasteiger partial charge on any atom is 0.573 e. The molecule has 35 heavy (non-hydrogen) atoms. The highest BCUT2D eigenvalue weighted by molar-refractivity contribution is 5.79. The Kier molecular flexibility index (Phi) is 7.99. The summed E-state index contributed by atoms with van der Waals surface area (Å²) >= 11 is 0. The van der Waals surface area contributed by atoms with Gasteiger partial charge in [0, 0.05) is 19.6 Å². The van der Waals surface area contributed by atoms with Crippen molar-refractivity contribution in [2.24, 2.45) is 0 Å². The molecule has 11 heteroatoms. The van der Waals surface area contributed by atoms with Crippen LogP contribution in [0.15, 0.2) is 42.5 Å². The molecule has 0 saturated carbocycles. The van der Waals surface area contributed by atoms with Gasteiger partial charge < -0.3 is 29.4 Å². The zero-order valence-electron chi connectivity index (χ0n) is 18.9. The number of carbonyl (C=O) groups excluding carboxylic acids is 1. The molecular formula is C24H27F3N2O6. The molecule has 2 atom stereocenters. The number of rotatable bonds is 8. The normalized spacial score (nSPS) is 17.9. The number of carbonyl (C=O) groups is 1. The van der Waals surface area contributed by atoms with Crippen molar-refractivity contribution in [1.82, 2.24) is 10.2 Å². The van der Waals surface area contributed by atoms with Gasteiger partial charge in [-0.05, 0) is 35.4 Å². The number of nitrogens with one attached hydrogen (secondary N) is 1. The van der Waals surface area contributed by atoms with E-state index in [2.05, 4.69) is 15.0 Å². The molecule has 0 aliphatic carbocycles. The highest BCUT2D eigenvalue weighted by atomic mass is 19.4. The summed E-state index contributed by atoms with van der Waals surface area (Å²) in [5.74, 6) is 0.398. The van der Waals surface area contributed by atoms with Gasteiger partial charge >= 0.3 is 6.36 Å². The molecular weight excluding hydrogens is 469 g/mol. The maximum atomic E-state index is 12.8. The van der Waals surface area contributed by atoms with E-state index in [4.69, 9.17) is 14.2 Å². The number of ether oxygens (including phenoxy) is 4. The van der Waals surface area contributed by atoms with Crippen LogP contribution in [0.1, 0.15) is 17.2 Å². The maximum absolute atomic E-state index is 12.8. The standard InChI is InChI=1S/C24H27F3N2O6/c25-24(26,27)35-18-4-1-16(2-5-18)13-22(30)28-19(15-29-7-9-32-10-8-29)23(31)17-3-6-20-21(14-17)34-12-11-33-20/h1-6,14,19,23,31H,7-13,15H2,(H,28,30). The number of fused-ring (bicyclic) bond motifs is 1. The Labute approximate surface area is 200 Å². The Morgan fingerprint density at radius 3 is 2.40 bits per heavy atom. The summed E-state index contributed by atoms with van der Waals surface area (Å²) in [7, 11) is 0. The van der Waals surface area contributed by atoms with Crippen LogP contribution in [0.5, 0.6) is 17.2 Å². The first-order valence-corrected chi connectivity index (χ1v) is 11.3. The van der Waals surface area contributed by atoms with Crippen LogP contribution < -0.4 is 19.5 Å². The smallest absolute Gasteiger partial charge is 0.486 e. The molecule has 2 aromatic rings. The van der Waals surface area contributed by atoms with E-state index in [1.54, 1.807) is 18.2 Å². The minimum Gasteiger partial charge on any atom is -0.486 e. The predicted molar refractivity (Wildman–Crippen MR) is 118 cm³/mol. The first kappa shape index (κ1) is 25.1. The molecule has 2 heterocycles. The van der Waals surface area contributed by atoms with Crippen LogP contribution in [-0.2, 0) is 16.0 Å². The number of hydrogen-bond donors (Lipinski definition) is 2. The van der Waals surface area contributed by atoms with Gasteiger partial charge in [0.05, 0.1) is 25.7 Å². The topological polar surface area (TPSA) is 89.5 Å². The number of nitrogens with zero attached hydrogens (tertiary/aromatic N) is 1. The Morgan fingerprint density at radius 1 is 1.03 bits per heavy atom. The second-order valence-electron chi connectivity index (χ2n) is 8.30. The summed E-state index contributed by atoms with van der Waals surface area (Å²) < 4.78 is 57.5. The van der Waals surface area contributed by atoms with E-state index in [0.717, 1.165) is 12.1 Å². The minimum atomic E-state index is -4.78. The van der Waals surface area contributed by atoms with Crippen LogP contribution in [0.2, 0.25) is 0 Å². The molecule has 2 aliphatic heterocycles. The molecule has 2 N–H and O–H groups in total. The largest absolute Gasteiger partial charge is 0.573 e. The summed E-state index contributed by atoms with van der Waals surface area (Å²) in [4.78, 5) is 14.9. The van der Waals surface area contributed by atoms with Gasteiger partial charge in [0.25, 0.3) is 0 Å². The lowest BCUT2D eigenvalue weighted by molar-refractivity contribution is -0.274. The fourth-order valence-electron chi connectivity index (χ4n) is 4.01. The molecule has 2 aliphatic rings. The van der Waals surface area contributed by atoms with E-state index in [1.807, 2.05) is 0 Å². The lowest BCUT2D eigenvalue weighted by Gasteiger charge is -2.33. The number of aliphatic hydroxyl groups excluding tert-OH is 1. The fourth-order valence-corrected chi connectivity index (χ4v) is 4.01. The van der Waals surface area contributed by atoms with Gasteiger partial charge in [-0.15, -0.1) is 13.2 Å². The molecule has 190 valence electrons. The highest BCUT2D eigenvalue weighted by Gasteiger charge is 2.31. The van der Waals surface area contributed by atoms with Crippen molar-refractivity contribution < 1.29 is 42.0 Å². The Balaban J connectivity index is 1.44. The molecule has 0 radical (unpaired) electrons. The number of alkyl halides is 3. The lowest BCUT2D eigenvalue weighted by atomic mass is 10.00. The van der Waals surface area contributed by atoms with E-state index in [-0.39, 0.29) is 18.1 Å². The van der Waals surface area contributed by atoms with Gasteiger partial charge in [-0.2, -0.15) is 0 Å². The van der Waals surface area contributed by atoms with Crippen molar-refractivity contribution in [2.45, 2.75) is 24.9 Å². The number of benzene rings is 2. The van der Waals surface area contributed by atoms with E-state index in [0.29, 0.717) is 68.7 Å². The number of halogens is 3. The van der Waals surface area contributed by atoms with Crippen molar-refractivity contribution in [3.63, 3.8) is 0 Å². The molecule has 1 saturated heterocycles. The van der Waals surface area contributed by atoms with Crippen molar-refractivity contribution in [1.29, 1.82) is 0 Å². The second-order valence-corrected chi connectivity index (χ2v) is 8.30. The summed E-state index contributed by atoms with van der Waals surface area (Å²) in [6.07, 6.45) is -5.88. The monoisotopic (exact) mass is 496 g/mol. The van der Waals surface area contributed by atoms with Crippen molar-refractivity contribution in [2.75, 3.05) is 46.1 Å². The highest BCUT2D eigenvalue weighted by Crippen LogP contribution is 2.33. The van der Waals surface area contributed by atoms with Crippen molar-refractivity contribution in [3.8, 4) is 17.2 Å². The van der Waals surface area contributed by atoms with Crippen molar-refractivity contribution >= 4 is 5.91 Å². The average Bonchev–Trinajstić information content (AvgIpc) is 2.84. The van der Waals surface area contributed by atoms with Gasteiger partial charge in [0.2, 0.25) is 5.91 Å². The van der Waals surface area contributed by atoms with Crippen LogP contribution in [0, 0.1) is 0 Å². The molecule has 0 aromatic heterocycles. The molecule has 0 bridgehead atoms. The Bertz CT molecular complexity index is 996.